The summed E-state index contributed by atoms with van der Waals surface area (Å²) in [7, 11) is 1.94. The molecule has 1 atom stereocenters. The van der Waals surface area contributed by atoms with E-state index in [0.29, 0.717) is 6.54 Å². The fourth-order valence-corrected chi connectivity index (χ4v) is 2.28. The van der Waals surface area contributed by atoms with Gasteiger partial charge in [0.1, 0.15) is 5.60 Å². The maximum absolute atomic E-state index is 11.7. The highest BCUT2D eigenvalue weighted by Gasteiger charge is 2.22. The van der Waals surface area contributed by atoms with Gasteiger partial charge in [-0.2, -0.15) is 5.10 Å². The summed E-state index contributed by atoms with van der Waals surface area (Å²) in [6.07, 6.45) is 1.66. The summed E-state index contributed by atoms with van der Waals surface area (Å²) in [6.45, 7) is 15.4. The van der Waals surface area contributed by atoms with Crippen molar-refractivity contribution in [2.24, 2.45) is 7.05 Å². The van der Waals surface area contributed by atoms with Gasteiger partial charge in [-0.25, -0.2) is 4.79 Å². The number of amides is 1. The standard InChI is InChI=1S/C17H32N4O2/c1-12(19-15(22)23-17(5,6)7)9-18-10-13-11-21(8)20-14(13)16(2,3)4/h11-12,18H,9-10H2,1-8H3,(H,19,22). The molecule has 1 amide bonds. The van der Waals surface area contributed by atoms with Gasteiger partial charge < -0.3 is 15.4 Å². The molecule has 0 aliphatic carbocycles. The molecule has 6 nitrogen and oxygen atoms in total. The molecule has 0 aromatic carbocycles. The maximum Gasteiger partial charge on any atom is 0.407 e. The van der Waals surface area contributed by atoms with Crippen molar-refractivity contribution >= 4 is 6.09 Å². The Morgan fingerprint density at radius 1 is 1.30 bits per heavy atom. The Labute approximate surface area is 140 Å². The van der Waals surface area contributed by atoms with Crippen LogP contribution in [0.25, 0.3) is 0 Å². The van der Waals surface area contributed by atoms with Gasteiger partial charge in [0.25, 0.3) is 0 Å². The van der Waals surface area contributed by atoms with Gasteiger partial charge in [-0.1, -0.05) is 20.8 Å². The van der Waals surface area contributed by atoms with Crippen LogP contribution < -0.4 is 10.6 Å². The van der Waals surface area contributed by atoms with Gasteiger partial charge >= 0.3 is 6.09 Å². The number of ether oxygens (including phenoxy) is 1. The first-order valence-electron chi connectivity index (χ1n) is 8.12. The number of rotatable bonds is 5. The van der Waals surface area contributed by atoms with Crippen molar-refractivity contribution in [1.29, 1.82) is 0 Å². The molecule has 0 aliphatic heterocycles. The molecule has 0 saturated heterocycles. The molecule has 0 bridgehead atoms. The lowest BCUT2D eigenvalue weighted by Crippen LogP contribution is -2.42. The van der Waals surface area contributed by atoms with E-state index in [4.69, 9.17) is 4.74 Å². The largest absolute Gasteiger partial charge is 0.444 e. The quantitative estimate of drug-likeness (QED) is 0.874. The van der Waals surface area contributed by atoms with Crippen LogP contribution in [0.15, 0.2) is 6.20 Å². The summed E-state index contributed by atoms with van der Waals surface area (Å²) < 4.78 is 7.10. The number of hydrogen-bond acceptors (Lipinski definition) is 4. The number of alkyl carbamates (subject to hydrolysis) is 1. The monoisotopic (exact) mass is 324 g/mol. The van der Waals surface area contributed by atoms with E-state index in [1.807, 2.05) is 45.6 Å². The fraction of sp³-hybridized carbons (Fsp3) is 0.765. The predicted octanol–water partition coefficient (Wildman–Crippen LogP) is 2.72. The SMILES string of the molecule is CC(CNCc1cn(C)nc1C(C)(C)C)NC(=O)OC(C)(C)C. The molecule has 1 heterocycles. The Hall–Kier alpha value is -1.56. The number of hydrogen-bond donors (Lipinski definition) is 2. The second-order valence-corrected chi connectivity index (χ2v) is 8.10. The summed E-state index contributed by atoms with van der Waals surface area (Å²) in [5.41, 5.74) is 1.82. The number of aromatic nitrogens is 2. The molecule has 132 valence electrons. The number of carbonyl (C=O) groups is 1. The van der Waals surface area contributed by atoms with Gasteiger partial charge in [0, 0.05) is 43.4 Å². The lowest BCUT2D eigenvalue weighted by atomic mass is 9.89. The first-order valence-corrected chi connectivity index (χ1v) is 8.12. The van der Waals surface area contributed by atoms with Crippen molar-refractivity contribution in [3.8, 4) is 0 Å². The van der Waals surface area contributed by atoms with Gasteiger partial charge in [-0.05, 0) is 27.7 Å². The molecule has 6 heteroatoms. The first-order chi connectivity index (χ1) is 10.4. The second-order valence-electron chi connectivity index (χ2n) is 8.10. The summed E-state index contributed by atoms with van der Waals surface area (Å²) in [5, 5.41) is 10.8. The average molecular weight is 324 g/mol. The third-order valence-electron chi connectivity index (χ3n) is 3.14. The molecule has 1 unspecified atom stereocenters. The van der Waals surface area contributed by atoms with E-state index in [2.05, 4.69) is 36.5 Å². The molecular weight excluding hydrogens is 292 g/mol. The highest BCUT2D eigenvalue weighted by atomic mass is 16.6. The first kappa shape index (κ1) is 19.5. The number of nitrogens with zero attached hydrogens (tertiary/aromatic N) is 2. The number of nitrogens with one attached hydrogen (secondary N) is 2. The highest BCUT2D eigenvalue weighted by Crippen LogP contribution is 2.23. The van der Waals surface area contributed by atoms with Gasteiger partial charge in [-0.15, -0.1) is 0 Å². The van der Waals surface area contributed by atoms with E-state index in [-0.39, 0.29) is 17.6 Å². The minimum atomic E-state index is -0.478. The van der Waals surface area contributed by atoms with Gasteiger partial charge in [0.15, 0.2) is 0 Å². The number of carbonyl (C=O) groups excluding carboxylic acids is 1. The van der Waals surface area contributed by atoms with Crippen LogP contribution in [0.5, 0.6) is 0 Å². The van der Waals surface area contributed by atoms with E-state index < -0.39 is 5.60 Å². The Kier molecular flexibility index (Phi) is 6.22. The molecule has 0 fully saturated rings. The van der Waals surface area contributed by atoms with Crippen LogP contribution >= 0.6 is 0 Å². The zero-order valence-electron chi connectivity index (χ0n) is 15.8. The highest BCUT2D eigenvalue weighted by molar-refractivity contribution is 5.68. The molecule has 23 heavy (non-hydrogen) atoms. The van der Waals surface area contributed by atoms with Crippen molar-refractivity contribution < 1.29 is 9.53 Å². The lowest BCUT2D eigenvalue weighted by Gasteiger charge is -2.22. The molecule has 0 aliphatic rings. The smallest absolute Gasteiger partial charge is 0.407 e. The Morgan fingerprint density at radius 3 is 2.43 bits per heavy atom. The Bertz CT molecular complexity index is 524. The zero-order valence-corrected chi connectivity index (χ0v) is 15.8. The van der Waals surface area contributed by atoms with Crippen LogP contribution in [-0.4, -0.2) is 34.1 Å². The van der Waals surface area contributed by atoms with Crippen molar-refractivity contribution in [2.45, 2.75) is 72.1 Å². The van der Waals surface area contributed by atoms with Crippen LogP contribution in [0.2, 0.25) is 0 Å². The number of aryl methyl sites for hydroxylation is 1. The summed E-state index contributed by atoms with van der Waals surface area (Å²) >= 11 is 0. The van der Waals surface area contributed by atoms with E-state index in [1.54, 1.807) is 0 Å². The summed E-state index contributed by atoms with van der Waals surface area (Å²) in [5.74, 6) is 0. The molecule has 2 N–H and O–H groups in total. The van der Waals surface area contributed by atoms with Gasteiger partial charge in [0.05, 0.1) is 5.69 Å². The minimum Gasteiger partial charge on any atom is -0.444 e. The van der Waals surface area contributed by atoms with Gasteiger partial charge in [-0.3, -0.25) is 4.68 Å². The Balaban J connectivity index is 2.47. The van der Waals surface area contributed by atoms with Crippen molar-refractivity contribution in [3.63, 3.8) is 0 Å². The minimum absolute atomic E-state index is 0.0126. The summed E-state index contributed by atoms with van der Waals surface area (Å²) in [4.78, 5) is 11.7. The van der Waals surface area contributed by atoms with E-state index in [1.165, 1.54) is 5.56 Å². The van der Waals surface area contributed by atoms with Crippen molar-refractivity contribution in [2.75, 3.05) is 6.54 Å². The third-order valence-corrected chi connectivity index (χ3v) is 3.14. The predicted molar refractivity (Wildman–Crippen MR) is 92.4 cm³/mol. The molecular formula is C17H32N4O2. The third kappa shape index (κ3) is 7.03. The molecule has 1 rings (SSSR count). The molecule has 0 saturated carbocycles. The van der Waals surface area contributed by atoms with Crippen LogP contribution in [0, 0.1) is 0 Å². The molecule has 0 spiro atoms. The molecule has 1 aromatic rings. The fourth-order valence-electron chi connectivity index (χ4n) is 2.28. The molecule has 0 radical (unpaired) electrons. The lowest BCUT2D eigenvalue weighted by molar-refractivity contribution is 0.0508. The van der Waals surface area contributed by atoms with Crippen LogP contribution in [-0.2, 0) is 23.7 Å². The van der Waals surface area contributed by atoms with E-state index >= 15 is 0 Å². The van der Waals surface area contributed by atoms with Crippen molar-refractivity contribution in [1.82, 2.24) is 20.4 Å². The topological polar surface area (TPSA) is 68.2 Å². The van der Waals surface area contributed by atoms with E-state index in [0.717, 1.165) is 12.2 Å². The van der Waals surface area contributed by atoms with Crippen LogP contribution in [0.1, 0.15) is 59.7 Å². The Morgan fingerprint density at radius 2 is 1.91 bits per heavy atom. The molecule has 1 aromatic heterocycles. The van der Waals surface area contributed by atoms with E-state index in [9.17, 15) is 4.79 Å². The summed E-state index contributed by atoms with van der Waals surface area (Å²) in [6, 6.07) is -0.0143. The average Bonchev–Trinajstić information content (AvgIpc) is 2.67. The normalized spacial score (nSPS) is 13.7. The van der Waals surface area contributed by atoms with Crippen LogP contribution in [0.3, 0.4) is 0 Å². The van der Waals surface area contributed by atoms with Gasteiger partial charge in [0.2, 0.25) is 0 Å². The second kappa shape index (κ2) is 7.34. The van der Waals surface area contributed by atoms with Crippen molar-refractivity contribution in [3.05, 3.63) is 17.5 Å². The zero-order chi connectivity index (χ0) is 17.8. The maximum atomic E-state index is 11.7. The van der Waals surface area contributed by atoms with Crippen LogP contribution in [0.4, 0.5) is 4.79 Å².